The second-order valence-corrected chi connectivity index (χ2v) is 8.15. The van der Waals surface area contributed by atoms with Gasteiger partial charge in [-0.3, -0.25) is 10.1 Å². The molecule has 0 saturated carbocycles. The number of hydrogen-bond donors (Lipinski definition) is 1. The van der Waals surface area contributed by atoms with Crippen LogP contribution in [0.2, 0.25) is 0 Å². The van der Waals surface area contributed by atoms with Crippen LogP contribution in [0, 0.1) is 13.8 Å². The predicted molar refractivity (Wildman–Crippen MR) is 120 cm³/mol. The SMILES string of the molecule is CCc1ccccc1-n1nnc(C(=O)Nc2nc(C)c(Cc3ccccc3)s2)c1C. The van der Waals surface area contributed by atoms with Crippen LogP contribution in [0.3, 0.4) is 0 Å². The van der Waals surface area contributed by atoms with Gasteiger partial charge < -0.3 is 0 Å². The molecular weight excluding hydrogens is 394 g/mol. The van der Waals surface area contributed by atoms with Crippen molar-refractivity contribution in [1.82, 2.24) is 20.0 Å². The van der Waals surface area contributed by atoms with Gasteiger partial charge in [-0.2, -0.15) is 0 Å². The van der Waals surface area contributed by atoms with Crippen molar-refractivity contribution >= 4 is 22.4 Å². The minimum absolute atomic E-state index is 0.298. The third-order valence-corrected chi connectivity index (χ3v) is 6.10. The number of nitrogens with one attached hydrogen (secondary N) is 1. The van der Waals surface area contributed by atoms with Crippen LogP contribution in [0.4, 0.5) is 5.13 Å². The van der Waals surface area contributed by atoms with E-state index in [4.69, 9.17) is 0 Å². The average molecular weight is 418 g/mol. The van der Waals surface area contributed by atoms with E-state index in [1.165, 1.54) is 16.9 Å². The molecule has 0 fully saturated rings. The van der Waals surface area contributed by atoms with Gasteiger partial charge in [-0.05, 0) is 37.5 Å². The molecule has 0 bridgehead atoms. The van der Waals surface area contributed by atoms with E-state index in [1.807, 2.05) is 50.2 Å². The summed E-state index contributed by atoms with van der Waals surface area (Å²) in [6.07, 6.45) is 1.67. The Labute approximate surface area is 179 Å². The normalized spacial score (nSPS) is 10.9. The Balaban J connectivity index is 1.54. The van der Waals surface area contributed by atoms with Crippen LogP contribution in [0.25, 0.3) is 5.69 Å². The summed E-state index contributed by atoms with van der Waals surface area (Å²) in [4.78, 5) is 18.5. The molecule has 0 unspecified atom stereocenters. The smallest absolute Gasteiger partial charge is 0.279 e. The summed E-state index contributed by atoms with van der Waals surface area (Å²) in [5.41, 5.74) is 5.24. The lowest BCUT2D eigenvalue weighted by atomic mass is 10.1. The molecule has 0 aliphatic carbocycles. The third-order valence-electron chi connectivity index (χ3n) is 5.03. The van der Waals surface area contributed by atoms with Gasteiger partial charge in [-0.15, -0.1) is 16.4 Å². The molecule has 2 heterocycles. The van der Waals surface area contributed by atoms with E-state index in [-0.39, 0.29) is 5.91 Å². The van der Waals surface area contributed by atoms with E-state index in [2.05, 4.69) is 45.7 Å². The fourth-order valence-corrected chi connectivity index (χ4v) is 4.36. The lowest BCUT2D eigenvalue weighted by Crippen LogP contribution is -2.14. The van der Waals surface area contributed by atoms with Gasteiger partial charge in [0.15, 0.2) is 10.8 Å². The average Bonchev–Trinajstić information content (AvgIpc) is 3.30. The van der Waals surface area contributed by atoms with E-state index < -0.39 is 0 Å². The number of para-hydroxylation sites is 1. The van der Waals surface area contributed by atoms with Crippen molar-refractivity contribution in [3.05, 3.63) is 87.7 Å². The molecule has 0 atom stereocenters. The van der Waals surface area contributed by atoms with Crippen molar-refractivity contribution in [3.8, 4) is 5.69 Å². The van der Waals surface area contributed by atoms with Crippen LogP contribution < -0.4 is 5.32 Å². The van der Waals surface area contributed by atoms with Crippen LogP contribution in [-0.4, -0.2) is 25.9 Å². The first-order chi connectivity index (χ1) is 14.6. The zero-order valence-corrected chi connectivity index (χ0v) is 18.0. The highest BCUT2D eigenvalue weighted by Crippen LogP contribution is 2.26. The number of rotatable bonds is 6. The lowest BCUT2D eigenvalue weighted by molar-refractivity contribution is 0.102. The number of anilines is 1. The molecule has 1 N–H and O–H groups in total. The van der Waals surface area contributed by atoms with Crippen molar-refractivity contribution < 1.29 is 4.79 Å². The van der Waals surface area contributed by atoms with Crippen molar-refractivity contribution in [2.24, 2.45) is 0 Å². The highest BCUT2D eigenvalue weighted by molar-refractivity contribution is 7.15. The topological polar surface area (TPSA) is 72.7 Å². The van der Waals surface area contributed by atoms with E-state index in [9.17, 15) is 4.79 Å². The Morgan fingerprint density at radius 3 is 2.57 bits per heavy atom. The zero-order chi connectivity index (χ0) is 21.1. The van der Waals surface area contributed by atoms with Gasteiger partial charge >= 0.3 is 0 Å². The molecule has 152 valence electrons. The standard InChI is InChI=1S/C23H23N5OS/c1-4-18-12-8-9-13-19(18)28-16(3)21(26-27-28)22(29)25-23-24-15(2)20(30-23)14-17-10-6-5-7-11-17/h5-13H,4,14H2,1-3H3,(H,24,25,29). The van der Waals surface area contributed by atoms with E-state index in [0.717, 1.165) is 34.7 Å². The number of carbonyl (C=O) groups is 1. The quantitative estimate of drug-likeness (QED) is 0.491. The molecule has 4 aromatic rings. The molecule has 6 nitrogen and oxygen atoms in total. The van der Waals surface area contributed by atoms with Crippen molar-refractivity contribution in [2.75, 3.05) is 5.32 Å². The number of amides is 1. The number of aryl methyl sites for hydroxylation is 2. The first-order valence-electron chi connectivity index (χ1n) is 9.89. The summed E-state index contributed by atoms with van der Waals surface area (Å²) < 4.78 is 1.72. The largest absolute Gasteiger partial charge is 0.296 e. The Hall–Kier alpha value is -3.32. The monoisotopic (exact) mass is 417 g/mol. The van der Waals surface area contributed by atoms with Crippen LogP contribution >= 0.6 is 11.3 Å². The first kappa shape index (κ1) is 20.0. The van der Waals surface area contributed by atoms with Gasteiger partial charge in [0.25, 0.3) is 5.91 Å². The Bertz CT molecular complexity index is 1180. The number of benzene rings is 2. The lowest BCUT2D eigenvalue weighted by Gasteiger charge is -2.08. The highest BCUT2D eigenvalue weighted by atomic mass is 32.1. The van der Waals surface area contributed by atoms with Crippen LogP contribution in [0.1, 0.15) is 44.8 Å². The van der Waals surface area contributed by atoms with Crippen molar-refractivity contribution in [2.45, 2.75) is 33.6 Å². The fraction of sp³-hybridized carbons (Fsp3) is 0.217. The number of aromatic nitrogens is 4. The van der Waals surface area contributed by atoms with Crippen LogP contribution in [0.15, 0.2) is 54.6 Å². The molecule has 0 aliphatic heterocycles. The molecule has 30 heavy (non-hydrogen) atoms. The van der Waals surface area contributed by atoms with Gasteiger partial charge in [-0.1, -0.05) is 60.7 Å². The Morgan fingerprint density at radius 1 is 1.07 bits per heavy atom. The zero-order valence-electron chi connectivity index (χ0n) is 17.2. The second kappa shape index (κ2) is 8.59. The molecule has 0 spiro atoms. The Kier molecular flexibility index (Phi) is 5.72. The van der Waals surface area contributed by atoms with Crippen molar-refractivity contribution in [3.63, 3.8) is 0 Å². The summed E-state index contributed by atoms with van der Waals surface area (Å²) in [6, 6.07) is 18.2. The first-order valence-corrected chi connectivity index (χ1v) is 10.7. The van der Waals surface area contributed by atoms with Gasteiger partial charge in [0.2, 0.25) is 0 Å². The molecule has 7 heteroatoms. The summed E-state index contributed by atoms with van der Waals surface area (Å²) >= 11 is 1.49. The van der Waals surface area contributed by atoms with Gasteiger partial charge in [0.05, 0.1) is 17.1 Å². The Morgan fingerprint density at radius 2 is 1.80 bits per heavy atom. The van der Waals surface area contributed by atoms with Gasteiger partial charge in [0.1, 0.15) is 0 Å². The molecule has 2 aromatic carbocycles. The van der Waals surface area contributed by atoms with Crippen LogP contribution in [-0.2, 0) is 12.8 Å². The summed E-state index contributed by atoms with van der Waals surface area (Å²) in [6.45, 7) is 5.92. The number of carbonyl (C=O) groups excluding carboxylic acids is 1. The molecule has 4 rings (SSSR count). The van der Waals surface area contributed by atoms with Gasteiger partial charge in [-0.25, -0.2) is 9.67 Å². The van der Waals surface area contributed by atoms with Crippen molar-refractivity contribution in [1.29, 1.82) is 0 Å². The maximum atomic E-state index is 12.9. The maximum absolute atomic E-state index is 12.9. The molecule has 1 amide bonds. The highest BCUT2D eigenvalue weighted by Gasteiger charge is 2.20. The minimum atomic E-state index is -0.298. The maximum Gasteiger partial charge on any atom is 0.279 e. The molecule has 2 aromatic heterocycles. The summed E-state index contributed by atoms with van der Waals surface area (Å²) in [7, 11) is 0. The molecular formula is C23H23N5OS. The molecule has 0 saturated heterocycles. The third kappa shape index (κ3) is 4.02. The predicted octanol–water partition coefficient (Wildman–Crippen LogP) is 4.75. The van der Waals surface area contributed by atoms with Crippen LogP contribution in [0.5, 0.6) is 0 Å². The number of nitrogens with zero attached hydrogens (tertiary/aromatic N) is 4. The summed E-state index contributed by atoms with van der Waals surface area (Å²) in [5.74, 6) is -0.298. The molecule has 0 radical (unpaired) electrons. The number of hydrogen-bond acceptors (Lipinski definition) is 5. The van der Waals surface area contributed by atoms with E-state index >= 15 is 0 Å². The second-order valence-electron chi connectivity index (χ2n) is 7.06. The van der Waals surface area contributed by atoms with E-state index in [1.54, 1.807) is 4.68 Å². The fourth-order valence-electron chi connectivity index (χ4n) is 3.37. The summed E-state index contributed by atoms with van der Waals surface area (Å²) in [5, 5.41) is 11.8. The number of thiazole rings is 1. The van der Waals surface area contributed by atoms with Gasteiger partial charge in [0, 0.05) is 11.3 Å². The minimum Gasteiger partial charge on any atom is -0.296 e. The van der Waals surface area contributed by atoms with E-state index in [0.29, 0.717) is 16.5 Å². The molecule has 0 aliphatic rings.